The van der Waals surface area contributed by atoms with E-state index in [1.807, 2.05) is 0 Å². The summed E-state index contributed by atoms with van der Waals surface area (Å²) in [5.74, 6) is -0.421. The second-order valence-corrected chi connectivity index (χ2v) is 8.53. The first-order valence-corrected chi connectivity index (χ1v) is 9.94. The molecule has 0 atom stereocenters. The number of nitrogens with one attached hydrogen (secondary N) is 2. The van der Waals surface area contributed by atoms with Gasteiger partial charge in [0.1, 0.15) is 5.75 Å². The number of rotatable bonds is 7. The van der Waals surface area contributed by atoms with Gasteiger partial charge in [-0.05, 0) is 42.5 Å². The zero-order valence-electron chi connectivity index (χ0n) is 15.5. The van der Waals surface area contributed by atoms with E-state index in [9.17, 15) is 18.0 Å². The number of sulfonamides is 1. The fourth-order valence-corrected chi connectivity index (χ4v) is 3.38. The summed E-state index contributed by atoms with van der Waals surface area (Å²) in [4.78, 5) is 23.0. The molecule has 0 radical (unpaired) electrons. The van der Waals surface area contributed by atoms with Gasteiger partial charge in [0.05, 0.1) is 9.92 Å². The van der Waals surface area contributed by atoms with Crippen molar-refractivity contribution in [1.82, 2.24) is 4.31 Å². The highest BCUT2D eigenvalue weighted by atomic mass is 35.5. The molecule has 2 rings (SSSR count). The molecule has 2 amide bonds. The van der Waals surface area contributed by atoms with Gasteiger partial charge in [0, 0.05) is 32.4 Å². The molecule has 2 aromatic carbocycles. The summed E-state index contributed by atoms with van der Waals surface area (Å²) in [6, 6.07) is 10.6. The average molecular weight is 426 g/mol. The number of carbonyl (C=O) groups excluding carboxylic acids is 2. The minimum Gasteiger partial charge on any atom is -0.482 e. The highest BCUT2D eigenvalue weighted by Crippen LogP contribution is 2.28. The van der Waals surface area contributed by atoms with Crippen LogP contribution < -0.4 is 15.4 Å². The zero-order valence-corrected chi connectivity index (χ0v) is 17.1. The Morgan fingerprint density at radius 2 is 1.61 bits per heavy atom. The summed E-state index contributed by atoms with van der Waals surface area (Å²) in [6.07, 6.45) is 0. The van der Waals surface area contributed by atoms with Crippen LogP contribution in [0.15, 0.2) is 47.4 Å². The van der Waals surface area contributed by atoms with Crippen LogP contribution >= 0.6 is 11.6 Å². The van der Waals surface area contributed by atoms with Crippen molar-refractivity contribution in [2.24, 2.45) is 0 Å². The normalized spacial score (nSPS) is 11.2. The van der Waals surface area contributed by atoms with Crippen molar-refractivity contribution in [3.8, 4) is 5.75 Å². The van der Waals surface area contributed by atoms with Gasteiger partial charge in [-0.1, -0.05) is 11.6 Å². The summed E-state index contributed by atoms with van der Waals surface area (Å²) >= 11 is 6.07. The quantitative estimate of drug-likeness (QED) is 0.709. The second-order valence-electron chi connectivity index (χ2n) is 5.98. The maximum absolute atomic E-state index is 12.1. The van der Waals surface area contributed by atoms with Gasteiger partial charge in [0.15, 0.2) is 6.61 Å². The number of hydrogen-bond donors (Lipinski definition) is 2. The maximum atomic E-state index is 12.1. The van der Waals surface area contributed by atoms with E-state index in [-0.39, 0.29) is 28.2 Å². The van der Waals surface area contributed by atoms with Gasteiger partial charge in [-0.3, -0.25) is 9.59 Å². The first kappa shape index (κ1) is 21.7. The Hall–Kier alpha value is -2.62. The molecule has 0 aromatic heterocycles. The van der Waals surface area contributed by atoms with Crippen LogP contribution in [0.3, 0.4) is 0 Å². The molecule has 0 bridgehead atoms. The van der Waals surface area contributed by atoms with Crippen molar-refractivity contribution < 1.29 is 22.7 Å². The van der Waals surface area contributed by atoms with Crippen molar-refractivity contribution in [3.63, 3.8) is 0 Å². The number of benzene rings is 2. The highest BCUT2D eigenvalue weighted by molar-refractivity contribution is 7.89. The average Bonchev–Trinajstić information content (AvgIpc) is 2.61. The molecule has 0 fully saturated rings. The SMILES string of the molecule is CC(=O)Nc1ccc(NC(=O)COc2ccc(S(=O)(=O)N(C)C)cc2Cl)cc1. The summed E-state index contributed by atoms with van der Waals surface area (Å²) in [5.41, 5.74) is 1.14. The van der Waals surface area contributed by atoms with Crippen molar-refractivity contribution in [3.05, 3.63) is 47.5 Å². The van der Waals surface area contributed by atoms with E-state index in [2.05, 4.69) is 10.6 Å². The second kappa shape index (κ2) is 9.05. The van der Waals surface area contributed by atoms with E-state index in [0.29, 0.717) is 11.4 Å². The Morgan fingerprint density at radius 1 is 1.04 bits per heavy atom. The predicted octanol–water partition coefficient (Wildman–Crippen LogP) is 2.57. The third-order valence-corrected chi connectivity index (χ3v) is 5.64. The lowest BCUT2D eigenvalue weighted by molar-refractivity contribution is -0.118. The van der Waals surface area contributed by atoms with Gasteiger partial charge in [-0.25, -0.2) is 12.7 Å². The predicted molar refractivity (Wildman–Crippen MR) is 107 cm³/mol. The molecule has 0 heterocycles. The molecule has 28 heavy (non-hydrogen) atoms. The minimum absolute atomic E-state index is 0.0264. The van der Waals surface area contributed by atoms with E-state index < -0.39 is 15.9 Å². The van der Waals surface area contributed by atoms with Crippen molar-refractivity contribution >= 4 is 44.8 Å². The lowest BCUT2D eigenvalue weighted by atomic mass is 10.2. The molecular weight excluding hydrogens is 406 g/mol. The molecule has 2 N–H and O–H groups in total. The van der Waals surface area contributed by atoms with Gasteiger partial charge >= 0.3 is 0 Å². The molecular formula is C18H20ClN3O5S. The highest BCUT2D eigenvalue weighted by Gasteiger charge is 2.19. The van der Waals surface area contributed by atoms with Gasteiger partial charge in [0.25, 0.3) is 5.91 Å². The first-order chi connectivity index (χ1) is 13.1. The lowest BCUT2D eigenvalue weighted by Gasteiger charge is -2.13. The van der Waals surface area contributed by atoms with Crippen LogP contribution in [0.2, 0.25) is 5.02 Å². The molecule has 8 nitrogen and oxygen atoms in total. The van der Waals surface area contributed by atoms with Crippen molar-refractivity contribution in [2.75, 3.05) is 31.3 Å². The first-order valence-electron chi connectivity index (χ1n) is 8.12. The Labute approximate surface area is 168 Å². The molecule has 0 saturated carbocycles. The van der Waals surface area contributed by atoms with E-state index in [4.69, 9.17) is 16.3 Å². The summed E-state index contributed by atoms with van der Waals surface area (Å²) in [5, 5.41) is 5.34. The molecule has 2 aromatic rings. The molecule has 150 valence electrons. The number of ether oxygens (including phenoxy) is 1. The smallest absolute Gasteiger partial charge is 0.262 e. The fraction of sp³-hybridized carbons (Fsp3) is 0.222. The molecule has 0 aliphatic heterocycles. The van der Waals surface area contributed by atoms with E-state index in [0.717, 1.165) is 4.31 Å². The monoisotopic (exact) mass is 425 g/mol. The third kappa shape index (κ3) is 5.69. The van der Waals surface area contributed by atoms with Crippen LogP contribution in [0.4, 0.5) is 11.4 Å². The van der Waals surface area contributed by atoms with Gasteiger partial charge in [0.2, 0.25) is 15.9 Å². The molecule has 0 aliphatic rings. The molecule has 0 spiro atoms. The molecule has 0 unspecified atom stereocenters. The maximum Gasteiger partial charge on any atom is 0.262 e. The number of amides is 2. The number of carbonyl (C=O) groups is 2. The Morgan fingerprint density at radius 3 is 2.11 bits per heavy atom. The van der Waals surface area contributed by atoms with Crippen molar-refractivity contribution in [1.29, 1.82) is 0 Å². The summed E-state index contributed by atoms with van der Waals surface area (Å²) < 4.78 is 30.6. The Balaban J connectivity index is 1.96. The third-order valence-electron chi connectivity index (χ3n) is 3.53. The van der Waals surface area contributed by atoms with Gasteiger partial charge in [-0.15, -0.1) is 0 Å². The summed E-state index contributed by atoms with van der Waals surface area (Å²) in [6.45, 7) is 1.09. The number of halogens is 1. The fourth-order valence-electron chi connectivity index (χ4n) is 2.15. The number of nitrogens with zero attached hydrogens (tertiary/aromatic N) is 1. The minimum atomic E-state index is -3.61. The Kier molecular flexibility index (Phi) is 7.00. The van der Waals surface area contributed by atoms with Crippen molar-refractivity contribution in [2.45, 2.75) is 11.8 Å². The van der Waals surface area contributed by atoms with E-state index in [1.165, 1.54) is 39.2 Å². The standard InChI is InChI=1S/C18H20ClN3O5S/c1-12(23)20-13-4-6-14(7-5-13)21-18(24)11-27-17-9-8-15(10-16(17)19)28(25,26)22(2)3/h4-10H,11H2,1-3H3,(H,20,23)(H,21,24). The Bertz CT molecular complexity index is 975. The largest absolute Gasteiger partial charge is 0.482 e. The van der Waals surface area contributed by atoms with Crippen LogP contribution in [-0.4, -0.2) is 45.2 Å². The van der Waals surface area contributed by atoms with Gasteiger partial charge in [-0.2, -0.15) is 0 Å². The number of hydrogen-bond acceptors (Lipinski definition) is 5. The van der Waals surface area contributed by atoms with Gasteiger partial charge < -0.3 is 15.4 Å². The van der Waals surface area contributed by atoms with E-state index >= 15 is 0 Å². The van der Waals surface area contributed by atoms with Crippen LogP contribution in [-0.2, 0) is 19.6 Å². The number of anilines is 2. The lowest BCUT2D eigenvalue weighted by Crippen LogP contribution is -2.22. The summed E-state index contributed by atoms with van der Waals surface area (Å²) in [7, 11) is -0.777. The van der Waals surface area contributed by atoms with E-state index in [1.54, 1.807) is 24.3 Å². The van der Waals surface area contributed by atoms with Crippen LogP contribution in [0, 0.1) is 0 Å². The zero-order chi connectivity index (χ0) is 20.9. The molecule has 0 aliphatic carbocycles. The molecule has 10 heteroatoms. The topological polar surface area (TPSA) is 105 Å². The van der Waals surface area contributed by atoms with Crippen LogP contribution in [0.25, 0.3) is 0 Å². The van der Waals surface area contributed by atoms with Crippen LogP contribution in [0.1, 0.15) is 6.92 Å². The molecule has 0 saturated heterocycles. The van der Waals surface area contributed by atoms with Crippen LogP contribution in [0.5, 0.6) is 5.75 Å².